The number of hydrogen-bond acceptors (Lipinski definition) is 2. The summed E-state index contributed by atoms with van der Waals surface area (Å²) in [5.41, 5.74) is 0.879. The maximum Gasteiger partial charge on any atom is 0.129 e. The van der Waals surface area contributed by atoms with E-state index in [1.807, 2.05) is 6.07 Å². The fourth-order valence-corrected chi connectivity index (χ4v) is 2.33. The van der Waals surface area contributed by atoms with Crippen LogP contribution in [0.25, 0.3) is 0 Å². The van der Waals surface area contributed by atoms with Gasteiger partial charge in [-0.15, -0.1) is 0 Å². The summed E-state index contributed by atoms with van der Waals surface area (Å²) in [5, 5.41) is 0. The number of benzene rings is 1. The predicted molar refractivity (Wildman–Crippen MR) is 66.8 cm³/mol. The molecule has 0 N–H and O–H groups in total. The lowest BCUT2D eigenvalue weighted by atomic mass is 9.71. The van der Waals surface area contributed by atoms with E-state index in [4.69, 9.17) is 4.74 Å². The van der Waals surface area contributed by atoms with Gasteiger partial charge in [-0.3, -0.25) is 0 Å². The lowest BCUT2D eigenvalue weighted by Crippen LogP contribution is -2.37. The van der Waals surface area contributed by atoms with Gasteiger partial charge in [-0.1, -0.05) is 12.5 Å². The SMILES string of the molecule is Cc1ccc(OCC2(CS)CCC2)cc1F. The number of thiol groups is 1. The van der Waals surface area contributed by atoms with Crippen LogP contribution in [0.1, 0.15) is 24.8 Å². The first-order chi connectivity index (χ1) is 7.65. The number of rotatable bonds is 4. The van der Waals surface area contributed by atoms with Gasteiger partial charge in [-0.25, -0.2) is 4.39 Å². The summed E-state index contributed by atoms with van der Waals surface area (Å²) in [7, 11) is 0. The van der Waals surface area contributed by atoms with Gasteiger partial charge in [-0.2, -0.15) is 12.6 Å². The molecule has 1 aliphatic carbocycles. The first-order valence-corrected chi connectivity index (χ1v) is 6.28. The monoisotopic (exact) mass is 240 g/mol. The van der Waals surface area contributed by atoms with Crippen molar-refractivity contribution in [2.75, 3.05) is 12.4 Å². The fraction of sp³-hybridized carbons (Fsp3) is 0.538. The van der Waals surface area contributed by atoms with Crippen LogP contribution in [0.15, 0.2) is 18.2 Å². The molecule has 0 saturated heterocycles. The van der Waals surface area contributed by atoms with Gasteiger partial charge < -0.3 is 4.74 Å². The minimum Gasteiger partial charge on any atom is -0.493 e. The Hall–Kier alpha value is -0.700. The van der Waals surface area contributed by atoms with E-state index in [1.54, 1.807) is 13.0 Å². The van der Waals surface area contributed by atoms with Gasteiger partial charge in [0.05, 0.1) is 6.61 Å². The number of halogens is 1. The van der Waals surface area contributed by atoms with Crippen LogP contribution in [-0.2, 0) is 0 Å². The third kappa shape index (κ3) is 2.34. The lowest BCUT2D eigenvalue weighted by Gasteiger charge is -2.40. The molecule has 0 bridgehead atoms. The first-order valence-electron chi connectivity index (χ1n) is 5.65. The first kappa shape index (κ1) is 11.8. The van der Waals surface area contributed by atoms with Crippen molar-refractivity contribution < 1.29 is 9.13 Å². The minimum absolute atomic E-state index is 0.203. The molecule has 1 nitrogen and oxygen atoms in total. The van der Waals surface area contributed by atoms with Crippen LogP contribution >= 0.6 is 12.6 Å². The van der Waals surface area contributed by atoms with E-state index in [1.165, 1.54) is 25.3 Å². The Labute approximate surface area is 101 Å². The molecule has 0 amide bonds. The minimum atomic E-state index is -0.203. The van der Waals surface area contributed by atoms with Gasteiger partial charge in [0.1, 0.15) is 11.6 Å². The number of hydrogen-bond donors (Lipinski definition) is 1. The molecule has 2 rings (SSSR count). The van der Waals surface area contributed by atoms with E-state index in [0.717, 1.165) is 5.75 Å². The molecular weight excluding hydrogens is 223 g/mol. The topological polar surface area (TPSA) is 9.23 Å². The fourth-order valence-electron chi connectivity index (χ4n) is 1.92. The Balaban J connectivity index is 1.96. The third-order valence-corrected chi connectivity index (χ3v) is 4.11. The molecule has 0 aliphatic heterocycles. The molecule has 1 aromatic carbocycles. The largest absolute Gasteiger partial charge is 0.493 e. The molecule has 1 saturated carbocycles. The Bertz CT molecular complexity index is 369. The van der Waals surface area contributed by atoms with Gasteiger partial charge in [0.25, 0.3) is 0 Å². The van der Waals surface area contributed by atoms with Gasteiger partial charge in [0.15, 0.2) is 0 Å². The summed E-state index contributed by atoms with van der Waals surface area (Å²) < 4.78 is 18.9. The van der Waals surface area contributed by atoms with Crippen molar-refractivity contribution in [3.8, 4) is 5.75 Å². The van der Waals surface area contributed by atoms with E-state index < -0.39 is 0 Å². The quantitative estimate of drug-likeness (QED) is 0.791. The molecule has 0 heterocycles. The van der Waals surface area contributed by atoms with Crippen LogP contribution in [0.5, 0.6) is 5.75 Å². The summed E-state index contributed by atoms with van der Waals surface area (Å²) in [6.07, 6.45) is 3.60. The second-order valence-electron chi connectivity index (χ2n) is 4.71. The molecule has 3 heteroatoms. The highest BCUT2D eigenvalue weighted by molar-refractivity contribution is 7.80. The summed E-state index contributed by atoms with van der Waals surface area (Å²) in [4.78, 5) is 0. The molecule has 1 aromatic rings. The summed E-state index contributed by atoms with van der Waals surface area (Å²) in [6, 6.07) is 5.03. The van der Waals surface area contributed by atoms with Crippen molar-refractivity contribution in [1.29, 1.82) is 0 Å². The van der Waals surface area contributed by atoms with Crippen molar-refractivity contribution in [2.45, 2.75) is 26.2 Å². The van der Waals surface area contributed by atoms with E-state index in [9.17, 15) is 4.39 Å². The standard InChI is InChI=1S/C13H17FOS/c1-10-3-4-11(7-12(10)14)15-8-13(9-16)5-2-6-13/h3-4,7,16H,2,5-6,8-9H2,1H3. The molecule has 0 spiro atoms. The van der Waals surface area contributed by atoms with Crippen molar-refractivity contribution in [3.05, 3.63) is 29.6 Å². The molecule has 16 heavy (non-hydrogen) atoms. The predicted octanol–water partition coefficient (Wildman–Crippen LogP) is 3.61. The maximum absolute atomic E-state index is 13.3. The zero-order chi connectivity index (χ0) is 11.6. The second kappa shape index (κ2) is 4.66. The zero-order valence-corrected chi connectivity index (χ0v) is 10.4. The van der Waals surface area contributed by atoms with E-state index in [2.05, 4.69) is 12.6 Å². The summed E-state index contributed by atoms with van der Waals surface area (Å²) in [6.45, 7) is 2.40. The molecule has 88 valence electrons. The summed E-state index contributed by atoms with van der Waals surface area (Å²) in [5.74, 6) is 1.27. The third-order valence-electron chi connectivity index (χ3n) is 3.44. The van der Waals surface area contributed by atoms with E-state index in [0.29, 0.717) is 17.9 Å². The highest BCUT2D eigenvalue weighted by Crippen LogP contribution is 2.42. The molecular formula is C13H17FOS. The smallest absolute Gasteiger partial charge is 0.129 e. The van der Waals surface area contributed by atoms with Crippen molar-refractivity contribution in [2.24, 2.45) is 5.41 Å². The van der Waals surface area contributed by atoms with Crippen LogP contribution < -0.4 is 4.74 Å². The van der Waals surface area contributed by atoms with Crippen LogP contribution in [0.2, 0.25) is 0 Å². The molecule has 0 atom stereocenters. The number of ether oxygens (including phenoxy) is 1. The van der Waals surface area contributed by atoms with Crippen molar-refractivity contribution in [1.82, 2.24) is 0 Å². The molecule has 0 radical (unpaired) electrons. The van der Waals surface area contributed by atoms with E-state index in [-0.39, 0.29) is 11.2 Å². The van der Waals surface area contributed by atoms with Crippen LogP contribution in [0, 0.1) is 18.2 Å². The second-order valence-corrected chi connectivity index (χ2v) is 5.03. The van der Waals surface area contributed by atoms with Crippen LogP contribution in [0.3, 0.4) is 0 Å². The normalized spacial score (nSPS) is 17.9. The van der Waals surface area contributed by atoms with Gasteiger partial charge in [0.2, 0.25) is 0 Å². The Morgan fingerprint density at radius 2 is 2.19 bits per heavy atom. The van der Waals surface area contributed by atoms with Crippen LogP contribution in [-0.4, -0.2) is 12.4 Å². The molecule has 0 unspecified atom stereocenters. The highest BCUT2D eigenvalue weighted by atomic mass is 32.1. The van der Waals surface area contributed by atoms with Gasteiger partial charge >= 0.3 is 0 Å². The van der Waals surface area contributed by atoms with E-state index >= 15 is 0 Å². The lowest BCUT2D eigenvalue weighted by molar-refractivity contribution is 0.0827. The Morgan fingerprint density at radius 1 is 1.44 bits per heavy atom. The molecule has 0 aromatic heterocycles. The van der Waals surface area contributed by atoms with Crippen LogP contribution in [0.4, 0.5) is 4.39 Å². The average molecular weight is 240 g/mol. The molecule has 1 aliphatic rings. The Kier molecular flexibility index (Phi) is 3.43. The average Bonchev–Trinajstić information content (AvgIpc) is 2.22. The number of aryl methyl sites for hydroxylation is 1. The maximum atomic E-state index is 13.3. The Morgan fingerprint density at radius 3 is 2.69 bits per heavy atom. The zero-order valence-electron chi connectivity index (χ0n) is 9.50. The summed E-state index contributed by atoms with van der Waals surface area (Å²) >= 11 is 4.36. The molecule has 1 fully saturated rings. The van der Waals surface area contributed by atoms with Gasteiger partial charge in [0, 0.05) is 11.5 Å². The van der Waals surface area contributed by atoms with Crippen molar-refractivity contribution >= 4 is 12.6 Å². The highest BCUT2D eigenvalue weighted by Gasteiger charge is 2.36. The van der Waals surface area contributed by atoms with Gasteiger partial charge in [-0.05, 0) is 37.1 Å². The van der Waals surface area contributed by atoms with Crippen molar-refractivity contribution in [3.63, 3.8) is 0 Å².